The lowest BCUT2D eigenvalue weighted by atomic mass is 10.2. The number of hydrogen-bond donors (Lipinski definition) is 1. The molecule has 1 unspecified atom stereocenters. The van der Waals surface area contributed by atoms with Gasteiger partial charge >= 0.3 is 5.82 Å². The molecule has 2 heterocycles. The fourth-order valence-corrected chi connectivity index (χ4v) is 2.23. The zero-order valence-electron chi connectivity index (χ0n) is 11.6. The summed E-state index contributed by atoms with van der Waals surface area (Å²) in [5.41, 5.74) is 3.70. The number of nitrogens with one attached hydrogen (secondary N) is 1. The van der Waals surface area contributed by atoms with Crippen molar-refractivity contribution in [2.75, 3.05) is 0 Å². The standard InChI is InChI=1S/C13H12ClN5O3/c1-8-15-6-12(19(20)21)18(8)7-11-16-17-13(22-11)9-2-4-10(14)5-3-9/h2-6,13,17H,7H2,1H3. The maximum Gasteiger partial charge on any atom is 0.343 e. The molecule has 8 nitrogen and oxygen atoms in total. The van der Waals surface area contributed by atoms with Crippen LogP contribution in [-0.4, -0.2) is 20.4 Å². The van der Waals surface area contributed by atoms with Gasteiger partial charge in [-0.05, 0) is 17.1 Å². The van der Waals surface area contributed by atoms with E-state index in [4.69, 9.17) is 16.3 Å². The number of hydrazone groups is 1. The number of ether oxygens (including phenoxy) is 1. The van der Waals surface area contributed by atoms with Crippen LogP contribution in [0.3, 0.4) is 0 Å². The van der Waals surface area contributed by atoms with Gasteiger partial charge < -0.3 is 14.9 Å². The van der Waals surface area contributed by atoms with Crippen LogP contribution in [0.15, 0.2) is 35.6 Å². The van der Waals surface area contributed by atoms with Gasteiger partial charge in [-0.2, -0.15) is 0 Å². The Balaban J connectivity index is 1.72. The number of halogens is 1. The van der Waals surface area contributed by atoms with Crippen LogP contribution in [0.25, 0.3) is 0 Å². The molecule has 3 rings (SSSR count). The summed E-state index contributed by atoms with van der Waals surface area (Å²) in [6.07, 6.45) is 0.782. The summed E-state index contributed by atoms with van der Waals surface area (Å²) in [5.74, 6) is 0.774. The highest BCUT2D eigenvalue weighted by atomic mass is 35.5. The third-order valence-electron chi connectivity index (χ3n) is 3.25. The molecule has 114 valence electrons. The predicted molar refractivity (Wildman–Crippen MR) is 79.5 cm³/mol. The summed E-state index contributed by atoms with van der Waals surface area (Å²) < 4.78 is 7.11. The minimum atomic E-state index is -0.486. The van der Waals surface area contributed by atoms with Gasteiger partial charge in [0.15, 0.2) is 12.4 Å². The van der Waals surface area contributed by atoms with E-state index in [2.05, 4.69) is 15.5 Å². The Bertz CT molecular complexity index is 741. The summed E-state index contributed by atoms with van der Waals surface area (Å²) in [7, 11) is 0. The van der Waals surface area contributed by atoms with E-state index in [9.17, 15) is 10.1 Å². The molecular weight excluding hydrogens is 310 g/mol. The highest BCUT2D eigenvalue weighted by Crippen LogP contribution is 2.22. The van der Waals surface area contributed by atoms with Crippen molar-refractivity contribution in [1.82, 2.24) is 15.0 Å². The Kier molecular flexibility index (Phi) is 3.68. The smallest absolute Gasteiger partial charge is 0.343 e. The van der Waals surface area contributed by atoms with Crippen molar-refractivity contribution in [2.45, 2.75) is 19.7 Å². The van der Waals surface area contributed by atoms with Crippen molar-refractivity contribution >= 4 is 23.3 Å². The van der Waals surface area contributed by atoms with Gasteiger partial charge in [-0.25, -0.2) is 9.55 Å². The molecule has 0 radical (unpaired) electrons. The molecule has 22 heavy (non-hydrogen) atoms. The fourth-order valence-electron chi connectivity index (χ4n) is 2.10. The van der Waals surface area contributed by atoms with Gasteiger partial charge in [0.25, 0.3) is 5.90 Å². The molecule has 2 aromatic rings. The minimum absolute atomic E-state index is 0.0984. The SMILES string of the molecule is Cc1ncc([N+](=O)[O-])n1CC1=NNC(c2ccc(Cl)cc2)O1. The number of aryl methyl sites for hydroxylation is 1. The number of aromatic nitrogens is 2. The quantitative estimate of drug-likeness (QED) is 0.689. The molecule has 0 saturated heterocycles. The lowest BCUT2D eigenvalue weighted by molar-refractivity contribution is -0.392. The average Bonchev–Trinajstić information content (AvgIpc) is 3.08. The zero-order chi connectivity index (χ0) is 15.7. The molecule has 1 aromatic heterocycles. The Morgan fingerprint density at radius 1 is 1.45 bits per heavy atom. The number of hydrogen-bond acceptors (Lipinski definition) is 6. The maximum atomic E-state index is 11.0. The first-order valence-corrected chi connectivity index (χ1v) is 6.83. The maximum absolute atomic E-state index is 11.0. The third kappa shape index (κ3) is 2.73. The van der Waals surface area contributed by atoms with Crippen LogP contribution in [0, 0.1) is 17.0 Å². The van der Waals surface area contributed by atoms with Gasteiger partial charge in [0.05, 0.1) is 0 Å². The number of nitro groups is 1. The van der Waals surface area contributed by atoms with Crippen LogP contribution in [0.1, 0.15) is 17.6 Å². The van der Waals surface area contributed by atoms with Crippen molar-refractivity contribution < 1.29 is 9.66 Å². The lowest BCUT2D eigenvalue weighted by Crippen LogP contribution is -2.16. The van der Waals surface area contributed by atoms with E-state index in [1.165, 1.54) is 10.8 Å². The topological polar surface area (TPSA) is 94.6 Å². The minimum Gasteiger partial charge on any atom is -0.447 e. The first-order chi connectivity index (χ1) is 10.5. The van der Waals surface area contributed by atoms with Crippen LogP contribution in [0.2, 0.25) is 5.02 Å². The molecule has 0 aliphatic carbocycles. The van der Waals surface area contributed by atoms with E-state index in [1.54, 1.807) is 19.1 Å². The summed E-state index contributed by atoms with van der Waals surface area (Å²) in [4.78, 5) is 14.4. The Morgan fingerprint density at radius 3 is 2.86 bits per heavy atom. The average molecular weight is 322 g/mol. The summed E-state index contributed by atoms with van der Waals surface area (Å²) in [6.45, 7) is 1.83. The zero-order valence-corrected chi connectivity index (χ0v) is 12.3. The first-order valence-electron chi connectivity index (χ1n) is 6.45. The molecule has 0 saturated carbocycles. The molecule has 1 aliphatic heterocycles. The van der Waals surface area contributed by atoms with Gasteiger partial charge in [-0.3, -0.25) is 5.43 Å². The largest absolute Gasteiger partial charge is 0.447 e. The molecule has 9 heteroatoms. The van der Waals surface area contributed by atoms with E-state index in [0.29, 0.717) is 16.7 Å². The number of rotatable bonds is 4. The fraction of sp³-hybridized carbons (Fsp3) is 0.231. The molecule has 1 atom stereocenters. The van der Waals surface area contributed by atoms with Crippen molar-refractivity contribution in [3.05, 3.63) is 57.0 Å². The van der Waals surface area contributed by atoms with Crippen LogP contribution in [-0.2, 0) is 11.3 Å². The van der Waals surface area contributed by atoms with Gasteiger partial charge in [-0.1, -0.05) is 23.7 Å². The van der Waals surface area contributed by atoms with E-state index >= 15 is 0 Å². The van der Waals surface area contributed by atoms with Gasteiger partial charge in [0.1, 0.15) is 6.20 Å². The molecule has 0 bridgehead atoms. The van der Waals surface area contributed by atoms with Crippen LogP contribution < -0.4 is 5.43 Å². The second-order valence-electron chi connectivity index (χ2n) is 4.69. The van der Waals surface area contributed by atoms with Crippen LogP contribution >= 0.6 is 11.6 Å². The number of benzene rings is 1. The summed E-state index contributed by atoms with van der Waals surface area (Å²) in [5, 5.41) is 15.7. The normalized spacial score (nSPS) is 16.8. The van der Waals surface area contributed by atoms with Gasteiger partial charge in [-0.15, -0.1) is 5.10 Å². The summed E-state index contributed by atoms with van der Waals surface area (Å²) >= 11 is 5.84. The number of nitrogens with zero attached hydrogens (tertiary/aromatic N) is 4. The van der Waals surface area contributed by atoms with Crippen LogP contribution in [0.5, 0.6) is 0 Å². The second kappa shape index (κ2) is 5.64. The highest BCUT2D eigenvalue weighted by molar-refractivity contribution is 6.30. The molecule has 0 spiro atoms. The number of imidazole rings is 1. The monoisotopic (exact) mass is 321 g/mol. The Morgan fingerprint density at radius 2 is 2.18 bits per heavy atom. The third-order valence-corrected chi connectivity index (χ3v) is 3.50. The molecular formula is C13H12ClN5O3. The molecule has 0 amide bonds. The van der Waals surface area contributed by atoms with Crippen molar-refractivity contribution in [1.29, 1.82) is 0 Å². The predicted octanol–water partition coefficient (Wildman–Crippen LogP) is 2.39. The Hall–Kier alpha value is -2.61. The summed E-state index contributed by atoms with van der Waals surface area (Å²) in [6, 6.07) is 7.16. The Labute approximate surface area is 130 Å². The van der Waals surface area contributed by atoms with Gasteiger partial charge in [0.2, 0.25) is 6.23 Å². The van der Waals surface area contributed by atoms with Crippen molar-refractivity contribution in [3.63, 3.8) is 0 Å². The molecule has 0 fully saturated rings. The van der Waals surface area contributed by atoms with Crippen LogP contribution in [0.4, 0.5) is 5.82 Å². The second-order valence-corrected chi connectivity index (χ2v) is 5.13. The molecule has 1 aliphatic rings. The van der Waals surface area contributed by atoms with Gasteiger partial charge in [0, 0.05) is 17.5 Å². The molecule has 1 N–H and O–H groups in total. The van der Waals surface area contributed by atoms with E-state index in [-0.39, 0.29) is 12.4 Å². The highest BCUT2D eigenvalue weighted by Gasteiger charge is 2.26. The molecule has 1 aromatic carbocycles. The van der Waals surface area contributed by atoms with E-state index < -0.39 is 11.2 Å². The van der Waals surface area contributed by atoms with E-state index in [1.807, 2.05) is 12.1 Å². The van der Waals surface area contributed by atoms with E-state index in [0.717, 1.165) is 5.56 Å². The van der Waals surface area contributed by atoms with Crippen molar-refractivity contribution in [2.24, 2.45) is 5.10 Å². The first kappa shape index (κ1) is 14.3. The lowest BCUT2D eigenvalue weighted by Gasteiger charge is -2.11. The van der Waals surface area contributed by atoms with Crippen molar-refractivity contribution in [3.8, 4) is 0 Å².